The van der Waals surface area contributed by atoms with E-state index in [1.165, 1.54) is 16.2 Å². The number of nitrogens with zero attached hydrogens (tertiary/aromatic N) is 3. The van der Waals surface area contributed by atoms with Crippen molar-refractivity contribution in [2.24, 2.45) is 0 Å². The van der Waals surface area contributed by atoms with Gasteiger partial charge in [0, 0.05) is 5.75 Å². The molecule has 22 heavy (non-hydrogen) atoms. The van der Waals surface area contributed by atoms with Gasteiger partial charge in [-0.1, -0.05) is 11.2 Å². The summed E-state index contributed by atoms with van der Waals surface area (Å²) in [5.74, 6) is 2.05. The molecule has 1 unspecified atom stereocenters. The number of carbonyl (C=O) groups excluding carboxylic acids is 2. The zero-order valence-electron chi connectivity index (χ0n) is 11.4. The summed E-state index contributed by atoms with van der Waals surface area (Å²) in [6, 6.07) is 3.39. The lowest BCUT2D eigenvalue weighted by Crippen LogP contribution is -2.46. The number of urea groups is 1. The minimum Gasteiger partial charge on any atom is -0.333 e. The minimum absolute atomic E-state index is 0.0337. The van der Waals surface area contributed by atoms with E-state index in [2.05, 4.69) is 15.5 Å². The van der Waals surface area contributed by atoms with Crippen LogP contribution in [0.4, 0.5) is 4.79 Å². The fourth-order valence-electron chi connectivity index (χ4n) is 2.61. The topological polar surface area (TPSA) is 88.3 Å². The zero-order valence-corrected chi connectivity index (χ0v) is 13.1. The summed E-state index contributed by atoms with van der Waals surface area (Å²) in [6.07, 6.45) is 0.672. The van der Waals surface area contributed by atoms with Crippen LogP contribution in [-0.2, 0) is 11.3 Å². The van der Waals surface area contributed by atoms with Gasteiger partial charge in [-0.15, -0.1) is 11.3 Å². The number of nitrogens with one attached hydrogen (secondary N) is 1. The van der Waals surface area contributed by atoms with Crippen LogP contribution in [0.5, 0.6) is 0 Å². The molecule has 4 heterocycles. The van der Waals surface area contributed by atoms with E-state index < -0.39 is 5.54 Å². The van der Waals surface area contributed by atoms with Gasteiger partial charge in [0.1, 0.15) is 5.54 Å². The Labute approximate surface area is 134 Å². The van der Waals surface area contributed by atoms with Crippen LogP contribution in [0.3, 0.4) is 0 Å². The highest BCUT2D eigenvalue weighted by molar-refractivity contribution is 7.99. The number of aromatic nitrogens is 2. The fraction of sp³-hybridized carbons (Fsp3) is 0.385. The Bertz CT molecular complexity index is 721. The average Bonchev–Trinajstić information content (AvgIpc) is 3.25. The van der Waals surface area contributed by atoms with E-state index in [1.807, 2.05) is 17.5 Å². The Morgan fingerprint density at radius 2 is 2.36 bits per heavy atom. The van der Waals surface area contributed by atoms with Crippen molar-refractivity contribution in [2.45, 2.75) is 18.5 Å². The highest BCUT2D eigenvalue weighted by Gasteiger charge is 2.53. The summed E-state index contributed by atoms with van der Waals surface area (Å²) < 4.78 is 5.18. The molecular weight excluding hydrogens is 324 g/mol. The number of hydrogen-bond acceptors (Lipinski definition) is 7. The first-order chi connectivity index (χ1) is 10.7. The Morgan fingerprint density at radius 1 is 1.45 bits per heavy atom. The maximum absolute atomic E-state index is 12.5. The summed E-state index contributed by atoms with van der Waals surface area (Å²) in [5.41, 5.74) is -0.734. The van der Waals surface area contributed by atoms with E-state index in [9.17, 15) is 9.59 Å². The number of imide groups is 1. The lowest BCUT2D eigenvalue weighted by atomic mass is 9.99. The second-order valence-electron chi connectivity index (χ2n) is 5.20. The SMILES string of the molecule is O=C1NC2(CCSC2)C(=O)N1Cc1noc(-c2cccs2)n1. The van der Waals surface area contributed by atoms with Crippen molar-refractivity contribution in [1.82, 2.24) is 20.4 Å². The first kappa shape index (κ1) is 13.8. The summed E-state index contributed by atoms with van der Waals surface area (Å²) in [4.78, 5) is 30.9. The standard InChI is InChI=1S/C13H12N4O3S2/c18-11-13(3-5-21-7-13)15-12(19)17(11)6-9-14-10(20-16-9)8-2-1-4-22-8/h1-2,4H,3,5-7H2,(H,15,19). The second-order valence-corrected chi connectivity index (χ2v) is 7.25. The maximum atomic E-state index is 12.5. The molecule has 2 fully saturated rings. The normalized spacial score (nSPS) is 24.5. The van der Waals surface area contributed by atoms with Crippen LogP contribution >= 0.6 is 23.1 Å². The number of carbonyl (C=O) groups is 2. The van der Waals surface area contributed by atoms with Crippen molar-refractivity contribution >= 4 is 35.0 Å². The Kier molecular flexibility index (Phi) is 3.19. The molecule has 0 bridgehead atoms. The molecule has 9 heteroatoms. The molecule has 1 N–H and O–H groups in total. The third-order valence-electron chi connectivity index (χ3n) is 3.77. The van der Waals surface area contributed by atoms with Crippen LogP contribution < -0.4 is 5.32 Å². The molecule has 1 spiro atoms. The number of rotatable bonds is 3. The largest absolute Gasteiger partial charge is 0.333 e. The lowest BCUT2D eigenvalue weighted by molar-refractivity contribution is -0.131. The molecule has 3 amide bonds. The maximum Gasteiger partial charge on any atom is 0.325 e. The molecule has 2 aromatic heterocycles. The van der Waals surface area contributed by atoms with Crippen molar-refractivity contribution in [3.63, 3.8) is 0 Å². The molecule has 2 aliphatic heterocycles. The van der Waals surface area contributed by atoms with Gasteiger partial charge in [0.2, 0.25) is 0 Å². The van der Waals surface area contributed by atoms with E-state index in [4.69, 9.17) is 4.52 Å². The average molecular weight is 336 g/mol. The van der Waals surface area contributed by atoms with Crippen molar-refractivity contribution in [3.8, 4) is 10.8 Å². The molecule has 0 aromatic carbocycles. The molecule has 0 radical (unpaired) electrons. The molecule has 4 rings (SSSR count). The van der Waals surface area contributed by atoms with Crippen LogP contribution in [0.15, 0.2) is 22.0 Å². The van der Waals surface area contributed by atoms with Gasteiger partial charge in [0.15, 0.2) is 5.82 Å². The number of thiophene rings is 1. The Balaban J connectivity index is 1.54. The van der Waals surface area contributed by atoms with Crippen molar-refractivity contribution in [1.29, 1.82) is 0 Å². The van der Waals surface area contributed by atoms with E-state index >= 15 is 0 Å². The number of hydrogen-bond donors (Lipinski definition) is 1. The minimum atomic E-state index is -0.734. The third-order valence-corrected chi connectivity index (χ3v) is 5.81. The van der Waals surface area contributed by atoms with Crippen molar-refractivity contribution in [2.75, 3.05) is 11.5 Å². The van der Waals surface area contributed by atoms with Gasteiger partial charge in [-0.05, 0) is 23.6 Å². The summed E-state index contributed by atoms with van der Waals surface area (Å²) in [6.45, 7) is 0.0337. The lowest BCUT2D eigenvalue weighted by Gasteiger charge is -2.18. The number of thioether (sulfide) groups is 1. The number of amides is 3. The van der Waals surface area contributed by atoms with Gasteiger partial charge in [-0.3, -0.25) is 9.69 Å². The first-order valence-electron chi connectivity index (χ1n) is 6.76. The van der Waals surface area contributed by atoms with E-state index in [0.717, 1.165) is 10.6 Å². The molecular formula is C13H12N4O3S2. The zero-order chi connectivity index (χ0) is 15.2. The van der Waals surface area contributed by atoms with Crippen LogP contribution in [0, 0.1) is 0 Å². The molecule has 1 atom stereocenters. The molecule has 0 saturated carbocycles. The van der Waals surface area contributed by atoms with Crippen LogP contribution in [0.1, 0.15) is 12.2 Å². The molecule has 7 nitrogen and oxygen atoms in total. The van der Waals surface area contributed by atoms with Gasteiger partial charge in [0.05, 0.1) is 11.4 Å². The van der Waals surface area contributed by atoms with E-state index in [1.54, 1.807) is 11.8 Å². The smallest absolute Gasteiger partial charge is 0.325 e. The van der Waals surface area contributed by atoms with Crippen molar-refractivity contribution in [3.05, 3.63) is 23.3 Å². The summed E-state index contributed by atoms with van der Waals surface area (Å²) in [5, 5.41) is 8.59. The Morgan fingerprint density at radius 3 is 3.09 bits per heavy atom. The predicted octanol–water partition coefficient (Wildman–Crippen LogP) is 1.73. The van der Waals surface area contributed by atoms with Gasteiger partial charge >= 0.3 is 6.03 Å². The summed E-state index contributed by atoms with van der Waals surface area (Å²) >= 11 is 3.17. The molecule has 2 aliphatic rings. The van der Waals surface area contributed by atoms with Gasteiger partial charge < -0.3 is 9.84 Å². The monoisotopic (exact) mass is 336 g/mol. The van der Waals surface area contributed by atoms with E-state index in [0.29, 0.717) is 23.9 Å². The quantitative estimate of drug-likeness (QED) is 0.859. The molecule has 2 aromatic rings. The van der Waals surface area contributed by atoms with E-state index in [-0.39, 0.29) is 18.5 Å². The Hall–Kier alpha value is -1.87. The first-order valence-corrected chi connectivity index (χ1v) is 8.80. The molecule has 0 aliphatic carbocycles. The predicted molar refractivity (Wildman–Crippen MR) is 81.4 cm³/mol. The second kappa shape index (κ2) is 5.10. The fourth-order valence-corrected chi connectivity index (χ4v) is 4.58. The summed E-state index contributed by atoms with van der Waals surface area (Å²) in [7, 11) is 0. The van der Waals surface area contributed by atoms with Gasteiger partial charge in [-0.2, -0.15) is 16.7 Å². The molecule has 114 valence electrons. The molecule has 2 saturated heterocycles. The van der Waals surface area contributed by atoms with Crippen molar-refractivity contribution < 1.29 is 14.1 Å². The highest BCUT2D eigenvalue weighted by Crippen LogP contribution is 2.34. The van der Waals surface area contributed by atoms with Crippen LogP contribution in [0.25, 0.3) is 10.8 Å². The third kappa shape index (κ3) is 2.12. The van der Waals surface area contributed by atoms with Gasteiger partial charge in [0.25, 0.3) is 11.8 Å². The van der Waals surface area contributed by atoms with Crippen LogP contribution in [0.2, 0.25) is 0 Å². The van der Waals surface area contributed by atoms with Crippen LogP contribution in [-0.4, -0.2) is 44.0 Å². The highest BCUT2D eigenvalue weighted by atomic mass is 32.2. The van der Waals surface area contributed by atoms with Gasteiger partial charge in [-0.25, -0.2) is 4.79 Å².